The second-order valence-electron chi connectivity index (χ2n) is 7.93. The summed E-state index contributed by atoms with van der Waals surface area (Å²) in [4.78, 5) is 49.0. The van der Waals surface area contributed by atoms with E-state index in [0.29, 0.717) is 0 Å². The van der Waals surface area contributed by atoms with E-state index >= 15 is 0 Å². The number of rotatable bonds is 7. The quantitative estimate of drug-likeness (QED) is 0.183. The van der Waals surface area contributed by atoms with E-state index in [1.807, 2.05) is 0 Å². The van der Waals surface area contributed by atoms with Crippen molar-refractivity contribution in [1.29, 1.82) is 0 Å². The molecule has 4 atom stereocenters. The van der Waals surface area contributed by atoms with Gasteiger partial charge in [0.2, 0.25) is 0 Å². The Labute approximate surface area is 204 Å². The standard InChI is InChI=1S/C5H9NO2.2C5H11NO2.C3H7NO2.C2H5NO2/c7-5(8)4-2-1-3-6-4;2*1-3(2)4(6)5(7)8;1-2(4)3(5)6;3-1-2(4)5/h4,6H,1-3H2,(H,7,8);2*3-4H,6H2,1-2H3,(H,7,8);2H,4H2,1H3,(H,5,6);1,3H2,(H,4,5)/t3*4-;2-;/m0000./s1. The summed E-state index contributed by atoms with van der Waals surface area (Å²) in [6.07, 6.45) is 1.78. The Morgan fingerprint density at radius 3 is 1.14 bits per heavy atom. The van der Waals surface area contributed by atoms with E-state index in [0.717, 1.165) is 19.4 Å². The minimum absolute atomic E-state index is 0.0208. The van der Waals surface area contributed by atoms with Crippen LogP contribution in [0.25, 0.3) is 0 Å². The zero-order valence-corrected chi connectivity index (χ0v) is 20.9. The van der Waals surface area contributed by atoms with Gasteiger partial charge in [-0.15, -0.1) is 0 Å². The van der Waals surface area contributed by atoms with Crippen LogP contribution in [0.15, 0.2) is 0 Å². The normalized spacial score (nSPS) is 16.3. The SMILES string of the molecule is CC(C)[C@H](N)C(=O)O.CC(C)[C@H](N)C(=O)O.C[C@H](N)C(=O)O.NCC(=O)O.O=C(O)[C@@H]1CCCN1. The fraction of sp³-hybridized carbons (Fsp3) is 0.750. The van der Waals surface area contributed by atoms with Gasteiger partial charge >= 0.3 is 29.8 Å². The van der Waals surface area contributed by atoms with Gasteiger partial charge in [0.05, 0.1) is 6.54 Å². The van der Waals surface area contributed by atoms with Crippen molar-refractivity contribution in [3.63, 3.8) is 0 Å². The number of nitrogens with two attached hydrogens (primary N) is 4. The molecule has 0 radical (unpaired) electrons. The van der Waals surface area contributed by atoms with Crippen LogP contribution in [0.4, 0.5) is 0 Å². The molecule has 14 N–H and O–H groups in total. The number of nitrogens with one attached hydrogen (secondary N) is 1. The third-order valence-electron chi connectivity index (χ3n) is 3.93. The number of aliphatic carboxylic acids is 5. The molecule has 1 heterocycles. The largest absolute Gasteiger partial charge is 0.480 e. The molecule has 0 saturated carbocycles. The summed E-state index contributed by atoms with van der Waals surface area (Å²) in [7, 11) is 0. The molecule has 0 unspecified atom stereocenters. The zero-order valence-electron chi connectivity index (χ0n) is 20.9. The Morgan fingerprint density at radius 1 is 0.771 bits per heavy atom. The predicted molar refractivity (Wildman–Crippen MR) is 128 cm³/mol. The van der Waals surface area contributed by atoms with Crippen molar-refractivity contribution in [2.24, 2.45) is 34.8 Å². The third kappa shape index (κ3) is 29.1. The second-order valence-corrected chi connectivity index (χ2v) is 7.93. The van der Waals surface area contributed by atoms with Gasteiger partial charge in [-0.2, -0.15) is 0 Å². The molecule has 15 heteroatoms. The molecule has 1 aliphatic heterocycles. The molecule has 35 heavy (non-hydrogen) atoms. The maximum Gasteiger partial charge on any atom is 0.320 e. The van der Waals surface area contributed by atoms with Gasteiger partial charge in [-0.25, -0.2) is 0 Å². The van der Waals surface area contributed by atoms with Gasteiger partial charge in [-0.3, -0.25) is 24.0 Å². The number of carboxylic acid groups (broad SMARTS) is 5. The van der Waals surface area contributed by atoms with Crippen molar-refractivity contribution in [3.05, 3.63) is 0 Å². The summed E-state index contributed by atoms with van der Waals surface area (Å²) in [5.41, 5.74) is 19.7. The van der Waals surface area contributed by atoms with Crippen LogP contribution < -0.4 is 28.3 Å². The first-order valence-corrected chi connectivity index (χ1v) is 10.7. The molecule has 0 aromatic carbocycles. The highest BCUT2D eigenvalue weighted by molar-refractivity contribution is 5.74. The summed E-state index contributed by atoms with van der Waals surface area (Å²) < 4.78 is 0. The van der Waals surface area contributed by atoms with Gasteiger partial charge in [0.15, 0.2) is 0 Å². The van der Waals surface area contributed by atoms with E-state index in [1.165, 1.54) is 6.92 Å². The average molecular weight is 514 g/mol. The maximum atomic E-state index is 10.1. The van der Waals surface area contributed by atoms with Crippen LogP contribution in [-0.2, 0) is 24.0 Å². The highest BCUT2D eigenvalue weighted by atomic mass is 16.4. The minimum atomic E-state index is -0.968. The van der Waals surface area contributed by atoms with E-state index in [1.54, 1.807) is 27.7 Å². The smallest absolute Gasteiger partial charge is 0.320 e. The fourth-order valence-electron chi connectivity index (χ4n) is 1.47. The molecule has 15 nitrogen and oxygen atoms in total. The molecule has 1 fully saturated rings. The molecule has 1 saturated heterocycles. The molecule has 1 rings (SSSR count). The van der Waals surface area contributed by atoms with Crippen LogP contribution in [0.1, 0.15) is 47.5 Å². The van der Waals surface area contributed by atoms with E-state index < -0.39 is 48.0 Å². The molecule has 0 aromatic rings. The predicted octanol–water partition coefficient (Wildman–Crippen LogP) is -1.62. The van der Waals surface area contributed by atoms with Crippen LogP contribution in [0, 0.1) is 11.8 Å². The molecular formula is C20H43N5O10. The summed E-state index contributed by atoms with van der Waals surface area (Å²) in [6, 6.07) is -2.43. The summed E-state index contributed by atoms with van der Waals surface area (Å²) in [5.74, 6) is -4.47. The van der Waals surface area contributed by atoms with E-state index in [-0.39, 0.29) is 24.4 Å². The van der Waals surface area contributed by atoms with Gasteiger partial charge in [-0.05, 0) is 38.1 Å². The number of hydrogen-bond acceptors (Lipinski definition) is 10. The first kappa shape index (κ1) is 39.4. The Kier molecular flexibility index (Phi) is 25.8. The molecule has 0 aliphatic carbocycles. The lowest BCUT2D eigenvalue weighted by atomic mass is 10.1. The van der Waals surface area contributed by atoms with Crippen molar-refractivity contribution < 1.29 is 49.5 Å². The van der Waals surface area contributed by atoms with Crippen molar-refractivity contribution in [1.82, 2.24) is 5.32 Å². The topological polar surface area (TPSA) is 303 Å². The van der Waals surface area contributed by atoms with Crippen LogP contribution >= 0.6 is 0 Å². The van der Waals surface area contributed by atoms with Crippen LogP contribution in [-0.4, -0.2) is 92.6 Å². The Hall–Kier alpha value is -2.85. The van der Waals surface area contributed by atoms with E-state index in [9.17, 15) is 24.0 Å². The van der Waals surface area contributed by atoms with Crippen molar-refractivity contribution in [2.75, 3.05) is 13.1 Å². The van der Waals surface area contributed by atoms with Gasteiger partial charge < -0.3 is 53.8 Å². The van der Waals surface area contributed by atoms with Crippen molar-refractivity contribution in [3.8, 4) is 0 Å². The second kappa shape index (κ2) is 22.9. The van der Waals surface area contributed by atoms with Crippen molar-refractivity contribution in [2.45, 2.75) is 71.6 Å². The third-order valence-corrected chi connectivity index (χ3v) is 3.93. The van der Waals surface area contributed by atoms with Crippen molar-refractivity contribution >= 4 is 29.8 Å². The highest BCUT2D eigenvalue weighted by Gasteiger charge is 2.20. The Balaban J connectivity index is -0.000000174. The molecule has 0 aromatic heterocycles. The van der Waals surface area contributed by atoms with Gasteiger partial charge in [0.25, 0.3) is 0 Å². The first-order chi connectivity index (χ1) is 15.8. The summed E-state index contributed by atoms with van der Waals surface area (Å²) >= 11 is 0. The highest BCUT2D eigenvalue weighted by Crippen LogP contribution is 2.03. The number of hydrogen-bond donors (Lipinski definition) is 10. The lowest BCUT2D eigenvalue weighted by molar-refractivity contribution is -0.140. The molecular weight excluding hydrogens is 470 g/mol. The lowest BCUT2D eigenvalue weighted by Gasteiger charge is -2.07. The van der Waals surface area contributed by atoms with Crippen LogP contribution in [0.5, 0.6) is 0 Å². The van der Waals surface area contributed by atoms with Gasteiger partial charge in [0, 0.05) is 0 Å². The fourth-order valence-corrected chi connectivity index (χ4v) is 1.47. The van der Waals surface area contributed by atoms with Gasteiger partial charge in [-0.1, -0.05) is 27.7 Å². The monoisotopic (exact) mass is 513 g/mol. The van der Waals surface area contributed by atoms with Crippen LogP contribution in [0.2, 0.25) is 0 Å². The van der Waals surface area contributed by atoms with Gasteiger partial charge in [0.1, 0.15) is 24.2 Å². The minimum Gasteiger partial charge on any atom is -0.480 e. The van der Waals surface area contributed by atoms with E-state index in [2.05, 4.69) is 11.1 Å². The summed E-state index contributed by atoms with van der Waals surface area (Å²) in [5, 5.41) is 43.1. The van der Waals surface area contributed by atoms with E-state index in [4.69, 9.17) is 42.7 Å². The Bertz CT molecular complexity index is 583. The molecule has 1 aliphatic rings. The Morgan fingerprint density at radius 2 is 1.09 bits per heavy atom. The first-order valence-electron chi connectivity index (χ1n) is 10.7. The lowest BCUT2D eigenvalue weighted by Crippen LogP contribution is -2.34. The molecule has 0 bridgehead atoms. The zero-order chi connectivity index (χ0) is 28.9. The molecule has 208 valence electrons. The average Bonchev–Trinajstić information content (AvgIpc) is 3.29. The maximum absolute atomic E-state index is 10.1. The number of carbonyl (C=O) groups is 5. The molecule has 0 spiro atoms. The number of carboxylic acids is 5. The summed E-state index contributed by atoms with van der Waals surface area (Å²) in [6.45, 7) is 9.11. The van der Waals surface area contributed by atoms with Crippen LogP contribution in [0.3, 0.4) is 0 Å². The molecule has 0 amide bonds.